The van der Waals surface area contributed by atoms with E-state index in [1.54, 1.807) is 6.07 Å². The topological polar surface area (TPSA) is 21.6 Å². The van der Waals surface area contributed by atoms with E-state index in [1.165, 1.54) is 6.07 Å². The van der Waals surface area contributed by atoms with Crippen LogP contribution in [0.15, 0.2) is 23.2 Å². The van der Waals surface area contributed by atoms with Gasteiger partial charge in [-0.2, -0.15) is 13.2 Å². The molecule has 0 aliphatic carbocycles. The molecule has 0 aromatic heterocycles. The molecule has 1 aromatic carbocycles. The molecule has 134 valence electrons. The van der Waals surface area contributed by atoms with Gasteiger partial charge < -0.3 is 4.74 Å². The lowest BCUT2D eigenvalue weighted by Crippen LogP contribution is -2.49. The number of ether oxygens (including phenoxy) is 1. The molecule has 0 saturated heterocycles. The van der Waals surface area contributed by atoms with E-state index in [0.717, 1.165) is 34.9 Å². The first kappa shape index (κ1) is 19.0. The lowest BCUT2D eigenvalue weighted by atomic mass is 10.1. The second kappa shape index (κ2) is 6.54. The quantitative estimate of drug-likeness (QED) is 0.681. The van der Waals surface area contributed by atoms with Crippen LogP contribution < -0.4 is 5.19 Å². The first-order valence-corrected chi connectivity index (χ1v) is 11.2. The van der Waals surface area contributed by atoms with Crippen molar-refractivity contribution in [3.8, 4) is 0 Å². The molecule has 2 nitrogen and oxygen atoms in total. The molecular formula is C18H26F3NOSi. The molecule has 0 unspecified atom stereocenters. The molecule has 0 bridgehead atoms. The highest BCUT2D eigenvalue weighted by Crippen LogP contribution is 2.32. The number of nitrogens with zero attached hydrogens (tertiary/aromatic N) is 1. The van der Waals surface area contributed by atoms with Crippen LogP contribution >= 0.6 is 0 Å². The fourth-order valence-corrected chi connectivity index (χ4v) is 7.26. The van der Waals surface area contributed by atoms with Gasteiger partial charge >= 0.3 is 6.18 Å². The highest BCUT2D eigenvalue weighted by molar-refractivity contribution is 6.92. The maximum atomic E-state index is 13.3. The summed E-state index contributed by atoms with van der Waals surface area (Å²) in [5, 5.41) is 0.835. The first-order valence-electron chi connectivity index (χ1n) is 8.54. The average molecular weight is 357 g/mol. The fourth-order valence-electron chi connectivity index (χ4n) is 3.40. The second-order valence-electron chi connectivity index (χ2n) is 7.08. The molecule has 0 radical (unpaired) electrons. The fraction of sp³-hybridized carbons (Fsp3) is 0.611. The average Bonchev–Trinajstić information content (AvgIpc) is 2.88. The first-order chi connectivity index (χ1) is 11.1. The van der Waals surface area contributed by atoms with Crippen molar-refractivity contribution in [2.75, 3.05) is 6.54 Å². The van der Waals surface area contributed by atoms with E-state index in [2.05, 4.69) is 25.8 Å². The van der Waals surface area contributed by atoms with E-state index < -0.39 is 25.4 Å². The number of hydrogen-bond donors (Lipinski definition) is 0. The molecular weight excluding hydrogens is 331 g/mol. The number of aliphatic imine (C=N–C) groups is 1. The van der Waals surface area contributed by atoms with Gasteiger partial charge in [0, 0.05) is 5.56 Å². The van der Waals surface area contributed by atoms with Gasteiger partial charge in [-0.1, -0.05) is 38.9 Å². The Morgan fingerprint density at radius 2 is 1.71 bits per heavy atom. The van der Waals surface area contributed by atoms with Gasteiger partial charge in [0.1, 0.15) is 5.60 Å². The molecule has 0 fully saturated rings. The zero-order valence-electron chi connectivity index (χ0n) is 15.0. The van der Waals surface area contributed by atoms with Crippen LogP contribution in [0.3, 0.4) is 0 Å². The predicted octanol–water partition coefficient (Wildman–Crippen LogP) is 4.98. The SMILES string of the molecule is CC[Si](CC)(CC)c1cc(C(F)(F)F)ccc1C1=NCC(C)(C)O1. The van der Waals surface area contributed by atoms with Crippen LogP contribution in [-0.4, -0.2) is 26.1 Å². The van der Waals surface area contributed by atoms with Gasteiger partial charge in [-0.3, -0.25) is 0 Å². The van der Waals surface area contributed by atoms with E-state index in [1.807, 2.05) is 13.8 Å². The highest BCUT2D eigenvalue weighted by Gasteiger charge is 2.39. The minimum Gasteiger partial charge on any atom is -0.469 e. The molecule has 0 amide bonds. The molecule has 0 N–H and O–H groups in total. The molecule has 0 saturated carbocycles. The van der Waals surface area contributed by atoms with Crippen LogP contribution in [-0.2, 0) is 10.9 Å². The summed E-state index contributed by atoms with van der Waals surface area (Å²) < 4.78 is 45.7. The van der Waals surface area contributed by atoms with Crippen molar-refractivity contribution in [2.24, 2.45) is 4.99 Å². The van der Waals surface area contributed by atoms with Crippen LogP contribution in [0.25, 0.3) is 0 Å². The number of hydrogen-bond acceptors (Lipinski definition) is 2. The third-order valence-electron chi connectivity index (χ3n) is 5.16. The number of alkyl halides is 3. The van der Waals surface area contributed by atoms with Gasteiger partial charge in [-0.05, 0) is 37.2 Å². The lowest BCUT2D eigenvalue weighted by Gasteiger charge is -2.32. The Morgan fingerprint density at radius 3 is 2.12 bits per heavy atom. The third-order valence-corrected chi connectivity index (χ3v) is 10.8. The lowest BCUT2D eigenvalue weighted by molar-refractivity contribution is -0.137. The Labute approximate surface area is 143 Å². The van der Waals surface area contributed by atoms with Crippen molar-refractivity contribution in [1.82, 2.24) is 0 Å². The van der Waals surface area contributed by atoms with Gasteiger partial charge in [-0.25, -0.2) is 4.99 Å². The van der Waals surface area contributed by atoms with E-state index in [4.69, 9.17) is 4.74 Å². The van der Waals surface area contributed by atoms with Crippen molar-refractivity contribution >= 4 is 19.2 Å². The van der Waals surface area contributed by atoms with E-state index in [0.29, 0.717) is 12.4 Å². The van der Waals surface area contributed by atoms with Crippen molar-refractivity contribution in [3.63, 3.8) is 0 Å². The number of benzene rings is 1. The van der Waals surface area contributed by atoms with E-state index in [-0.39, 0.29) is 0 Å². The predicted molar refractivity (Wildman–Crippen MR) is 94.8 cm³/mol. The number of rotatable bonds is 5. The summed E-state index contributed by atoms with van der Waals surface area (Å²) in [5.74, 6) is 0.496. The van der Waals surface area contributed by atoms with Gasteiger partial charge in [0.15, 0.2) is 0 Å². The van der Waals surface area contributed by atoms with E-state index in [9.17, 15) is 13.2 Å². The minimum absolute atomic E-state index is 0.399. The zero-order valence-corrected chi connectivity index (χ0v) is 16.0. The van der Waals surface area contributed by atoms with Crippen molar-refractivity contribution < 1.29 is 17.9 Å². The summed E-state index contributed by atoms with van der Waals surface area (Å²) in [5.41, 5.74) is -0.221. The van der Waals surface area contributed by atoms with Gasteiger partial charge in [0.2, 0.25) is 5.90 Å². The maximum absolute atomic E-state index is 13.3. The monoisotopic (exact) mass is 357 g/mol. The molecule has 2 rings (SSSR count). The Bertz CT molecular complexity index is 625. The summed E-state index contributed by atoms with van der Waals surface area (Å²) in [6.45, 7) is 10.7. The van der Waals surface area contributed by atoms with Crippen LogP contribution in [0.1, 0.15) is 45.7 Å². The highest BCUT2D eigenvalue weighted by atomic mass is 28.3. The summed E-state index contributed by atoms with van der Waals surface area (Å²) in [6, 6.07) is 6.79. The molecule has 0 atom stereocenters. The Kier molecular flexibility index (Phi) is 5.19. The molecule has 24 heavy (non-hydrogen) atoms. The Morgan fingerprint density at radius 1 is 1.12 bits per heavy atom. The molecule has 0 spiro atoms. The molecule has 1 aromatic rings. The van der Waals surface area contributed by atoms with Gasteiger partial charge in [-0.15, -0.1) is 0 Å². The largest absolute Gasteiger partial charge is 0.469 e. The minimum atomic E-state index is -4.33. The van der Waals surface area contributed by atoms with Crippen LogP contribution in [0.5, 0.6) is 0 Å². The molecule has 1 heterocycles. The normalized spacial score (nSPS) is 17.6. The van der Waals surface area contributed by atoms with Crippen molar-refractivity contribution in [1.29, 1.82) is 0 Å². The molecule has 1 aliphatic heterocycles. The zero-order chi connectivity index (χ0) is 18.2. The summed E-state index contributed by atoms with van der Waals surface area (Å²) in [7, 11) is -2.02. The van der Waals surface area contributed by atoms with Gasteiger partial charge in [0.05, 0.1) is 20.2 Å². The molecule has 1 aliphatic rings. The maximum Gasteiger partial charge on any atom is 0.416 e. The third kappa shape index (κ3) is 3.53. The summed E-state index contributed by atoms with van der Waals surface area (Å²) in [6.07, 6.45) is -4.33. The van der Waals surface area contributed by atoms with E-state index >= 15 is 0 Å². The molecule has 6 heteroatoms. The van der Waals surface area contributed by atoms with Crippen molar-refractivity contribution in [3.05, 3.63) is 29.3 Å². The number of halogens is 3. The summed E-state index contributed by atoms with van der Waals surface area (Å²) >= 11 is 0. The van der Waals surface area contributed by atoms with Crippen LogP contribution in [0.4, 0.5) is 13.2 Å². The standard InChI is InChI=1S/C18H26F3NOSi/c1-6-24(7-2,8-3)15-11-13(18(19,20)21)9-10-14(15)16-22-12-17(4,5)23-16/h9-11H,6-8,12H2,1-5H3. The second-order valence-corrected chi connectivity index (χ2v) is 12.3. The smallest absolute Gasteiger partial charge is 0.416 e. The van der Waals surface area contributed by atoms with Gasteiger partial charge in [0.25, 0.3) is 0 Å². The Balaban J connectivity index is 2.63. The Hall–Kier alpha value is -1.30. The van der Waals surface area contributed by atoms with Crippen LogP contribution in [0.2, 0.25) is 18.1 Å². The van der Waals surface area contributed by atoms with Crippen molar-refractivity contribution in [2.45, 2.75) is 64.5 Å². The van der Waals surface area contributed by atoms with Crippen LogP contribution in [0, 0.1) is 0 Å². The summed E-state index contributed by atoms with van der Waals surface area (Å²) in [4.78, 5) is 4.46.